The maximum atomic E-state index is 11.2. The molecule has 0 aliphatic carbocycles. The van der Waals surface area contributed by atoms with E-state index in [1.54, 1.807) is 0 Å². The van der Waals surface area contributed by atoms with Crippen LogP contribution >= 0.6 is 0 Å². The van der Waals surface area contributed by atoms with Gasteiger partial charge in [0.15, 0.2) is 0 Å². The van der Waals surface area contributed by atoms with Gasteiger partial charge < -0.3 is 4.74 Å². The molecule has 2 aliphatic heterocycles. The Bertz CT molecular complexity index is 891. The maximum Gasteiger partial charge on any atom is 0.209 e. The molecule has 8 heteroatoms. The Balaban J connectivity index is 1.41. The van der Waals surface area contributed by atoms with E-state index >= 15 is 0 Å². The highest BCUT2D eigenvalue weighted by molar-refractivity contribution is 7.88. The molecule has 0 atom stereocenters. The minimum Gasteiger partial charge on any atom is -0.493 e. The van der Waals surface area contributed by atoms with Gasteiger partial charge in [-0.15, -0.1) is 0 Å². The molecule has 0 radical (unpaired) electrons. The summed E-state index contributed by atoms with van der Waals surface area (Å²) in [5, 5.41) is 4.49. The zero-order chi connectivity index (χ0) is 17.4. The summed E-state index contributed by atoms with van der Waals surface area (Å²) in [6.45, 7) is 4.49. The molecular formula is C17H22N4O3S. The van der Waals surface area contributed by atoms with Crippen LogP contribution in [0.5, 0.6) is 5.75 Å². The lowest BCUT2D eigenvalue weighted by molar-refractivity contribution is 0.205. The van der Waals surface area contributed by atoms with Crippen LogP contribution in [0.1, 0.15) is 22.5 Å². The van der Waals surface area contributed by atoms with Crippen molar-refractivity contribution in [2.24, 2.45) is 0 Å². The topological polar surface area (TPSA) is 76.5 Å². The number of ether oxygens (including phenoxy) is 1. The fraction of sp³-hybridized carbons (Fsp3) is 0.471. The lowest BCUT2D eigenvalue weighted by Gasteiger charge is -2.27. The largest absolute Gasteiger partial charge is 0.493 e. The third kappa shape index (κ3) is 3.86. The van der Waals surface area contributed by atoms with Crippen molar-refractivity contribution in [3.05, 3.63) is 46.8 Å². The van der Waals surface area contributed by atoms with Crippen LogP contribution in [0.25, 0.3) is 0 Å². The van der Waals surface area contributed by atoms with Gasteiger partial charge in [0, 0.05) is 26.1 Å². The first-order chi connectivity index (χ1) is 12.0. The van der Waals surface area contributed by atoms with Gasteiger partial charge in [0.1, 0.15) is 5.75 Å². The molecule has 0 amide bonds. The molecule has 0 spiro atoms. The lowest BCUT2D eigenvalue weighted by atomic mass is 10.1. The number of aromatic nitrogens is 2. The lowest BCUT2D eigenvalue weighted by Crippen LogP contribution is -2.33. The van der Waals surface area contributed by atoms with Crippen molar-refractivity contribution < 1.29 is 13.2 Å². The van der Waals surface area contributed by atoms with E-state index in [4.69, 9.17) is 4.74 Å². The van der Waals surface area contributed by atoms with E-state index in [1.807, 2.05) is 10.7 Å². The highest BCUT2D eigenvalue weighted by Crippen LogP contribution is 2.27. The highest BCUT2D eigenvalue weighted by Gasteiger charge is 2.20. The molecule has 0 unspecified atom stereocenters. The smallest absolute Gasteiger partial charge is 0.209 e. The normalized spacial score (nSPS) is 17.2. The number of hydrogen-bond acceptors (Lipinski definition) is 5. The predicted molar refractivity (Wildman–Crippen MR) is 93.7 cm³/mol. The number of hydrogen-bond donors (Lipinski definition) is 1. The quantitative estimate of drug-likeness (QED) is 0.855. The van der Waals surface area contributed by atoms with E-state index < -0.39 is 10.0 Å². The van der Waals surface area contributed by atoms with Gasteiger partial charge in [0.25, 0.3) is 0 Å². The monoisotopic (exact) mass is 362 g/mol. The van der Waals surface area contributed by atoms with E-state index in [0.29, 0.717) is 0 Å². The second kappa shape index (κ2) is 6.44. The average molecular weight is 362 g/mol. The van der Waals surface area contributed by atoms with E-state index in [-0.39, 0.29) is 6.54 Å². The molecule has 1 N–H and O–H groups in total. The first kappa shape index (κ1) is 16.6. The van der Waals surface area contributed by atoms with Gasteiger partial charge in [-0.05, 0) is 23.3 Å². The van der Waals surface area contributed by atoms with E-state index in [1.165, 1.54) is 11.1 Å². The van der Waals surface area contributed by atoms with Crippen LogP contribution in [0, 0.1) is 0 Å². The highest BCUT2D eigenvalue weighted by atomic mass is 32.2. The summed E-state index contributed by atoms with van der Waals surface area (Å²) >= 11 is 0. The van der Waals surface area contributed by atoms with Crippen LogP contribution in [0.3, 0.4) is 0 Å². The number of rotatable bonds is 5. The van der Waals surface area contributed by atoms with Gasteiger partial charge in [0.2, 0.25) is 10.0 Å². The van der Waals surface area contributed by atoms with Gasteiger partial charge >= 0.3 is 0 Å². The number of benzene rings is 1. The maximum absolute atomic E-state index is 11.2. The van der Waals surface area contributed by atoms with Gasteiger partial charge in [-0.3, -0.25) is 9.58 Å². The minimum atomic E-state index is -3.20. The molecule has 0 saturated heterocycles. The molecule has 134 valence electrons. The molecule has 0 saturated carbocycles. The third-order valence-electron chi connectivity index (χ3n) is 4.60. The molecule has 3 heterocycles. The van der Waals surface area contributed by atoms with Crippen LogP contribution in [0.15, 0.2) is 24.3 Å². The van der Waals surface area contributed by atoms with E-state index in [0.717, 1.165) is 62.6 Å². The predicted octanol–water partition coefficient (Wildman–Crippen LogP) is 0.883. The number of sulfonamides is 1. The van der Waals surface area contributed by atoms with Crippen molar-refractivity contribution in [3.63, 3.8) is 0 Å². The van der Waals surface area contributed by atoms with Crippen molar-refractivity contribution >= 4 is 10.0 Å². The van der Waals surface area contributed by atoms with Crippen LogP contribution in [-0.2, 0) is 42.6 Å². The summed E-state index contributed by atoms with van der Waals surface area (Å²) in [6.07, 6.45) is 2.15. The van der Waals surface area contributed by atoms with Crippen LogP contribution in [0.4, 0.5) is 0 Å². The number of nitrogens with zero attached hydrogens (tertiary/aromatic N) is 3. The first-order valence-electron chi connectivity index (χ1n) is 8.43. The van der Waals surface area contributed by atoms with Crippen molar-refractivity contribution in [1.82, 2.24) is 19.4 Å². The number of fused-ring (bicyclic) bond motifs is 2. The Labute approximate surface area is 147 Å². The SMILES string of the molecule is CS(=O)(=O)NCc1cc2n(n1)CCN(Cc1ccc3c(c1)CCO3)C2. The average Bonchev–Trinajstić information content (AvgIpc) is 3.17. The summed E-state index contributed by atoms with van der Waals surface area (Å²) < 4.78 is 32.5. The molecule has 0 bridgehead atoms. The van der Waals surface area contributed by atoms with Crippen molar-refractivity contribution in [2.45, 2.75) is 32.6 Å². The summed E-state index contributed by atoms with van der Waals surface area (Å²) in [5.41, 5.74) is 4.49. The molecule has 25 heavy (non-hydrogen) atoms. The Kier molecular flexibility index (Phi) is 4.26. The molecular weight excluding hydrogens is 340 g/mol. The summed E-state index contributed by atoms with van der Waals surface area (Å²) in [7, 11) is -3.20. The Morgan fingerprint density at radius 2 is 2.16 bits per heavy atom. The molecule has 2 aromatic rings. The zero-order valence-corrected chi connectivity index (χ0v) is 15.1. The molecule has 4 rings (SSSR count). The summed E-state index contributed by atoms with van der Waals surface area (Å²) in [4.78, 5) is 2.39. The summed E-state index contributed by atoms with van der Waals surface area (Å²) in [5.74, 6) is 1.02. The third-order valence-corrected chi connectivity index (χ3v) is 5.27. The Morgan fingerprint density at radius 3 is 3.00 bits per heavy atom. The zero-order valence-electron chi connectivity index (χ0n) is 14.2. The van der Waals surface area contributed by atoms with E-state index in [2.05, 4.69) is 32.9 Å². The standard InChI is InChI=1S/C17H22N4O3S/c1-25(22,23)18-10-15-9-16-12-20(5-6-21(16)19-15)11-13-2-3-17-14(8-13)4-7-24-17/h2-3,8-9,18H,4-7,10-12H2,1H3. The molecule has 0 fully saturated rings. The van der Waals surface area contributed by atoms with E-state index in [9.17, 15) is 8.42 Å². The fourth-order valence-electron chi connectivity index (χ4n) is 3.40. The van der Waals surface area contributed by atoms with Crippen molar-refractivity contribution in [3.8, 4) is 5.75 Å². The summed E-state index contributed by atoms with van der Waals surface area (Å²) in [6, 6.07) is 8.44. The van der Waals surface area contributed by atoms with Gasteiger partial charge in [-0.2, -0.15) is 5.10 Å². The Morgan fingerprint density at radius 1 is 1.28 bits per heavy atom. The first-order valence-corrected chi connectivity index (χ1v) is 10.3. The second-order valence-electron chi connectivity index (χ2n) is 6.69. The van der Waals surface area contributed by atoms with Crippen LogP contribution < -0.4 is 9.46 Å². The molecule has 1 aromatic heterocycles. The van der Waals surface area contributed by atoms with Crippen LogP contribution in [-0.4, -0.2) is 42.5 Å². The number of nitrogens with one attached hydrogen (secondary N) is 1. The Hall–Kier alpha value is -1.90. The molecule has 1 aromatic carbocycles. The van der Waals surface area contributed by atoms with Crippen LogP contribution in [0.2, 0.25) is 0 Å². The van der Waals surface area contributed by atoms with Crippen molar-refractivity contribution in [1.29, 1.82) is 0 Å². The minimum absolute atomic E-state index is 0.240. The fourth-order valence-corrected chi connectivity index (χ4v) is 3.81. The molecule has 2 aliphatic rings. The van der Waals surface area contributed by atoms with Gasteiger partial charge in [-0.25, -0.2) is 13.1 Å². The van der Waals surface area contributed by atoms with Gasteiger partial charge in [-0.1, -0.05) is 12.1 Å². The van der Waals surface area contributed by atoms with Crippen molar-refractivity contribution in [2.75, 3.05) is 19.4 Å². The van der Waals surface area contributed by atoms with Gasteiger partial charge in [0.05, 0.1) is 37.3 Å². The molecule has 7 nitrogen and oxygen atoms in total. The second-order valence-corrected chi connectivity index (χ2v) is 8.53.